The molecule has 1 heterocycles. The molecular weight excluding hydrogens is 222 g/mol. The summed E-state index contributed by atoms with van der Waals surface area (Å²) in [5, 5.41) is 3.68. The molecule has 0 bridgehead atoms. The van der Waals surface area contributed by atoms with Crippen LogP contribution in [0.15, 0.2) is 24.3 Å². The number of aryl methyl sites for hydroxylation is 1. The highest BCUT2D eigenvalue weighted by Crippen LogP contribution is 2.38. The summed E-state index contributed by atoms with van der Waals surface area (Å²) in [5.41, 5.74) is 2.68. The third-order valence-electron chi connectivity index (χ3n) is 3.96. The zero-order valence-corrected chi connectivity index (χ0v) is 11.8. The van der Waals surface area contributed by atoms with Crippen molar-refractivity contribution in [3.8, 4) is 0 Å². The fraction of sp³-hybridized carbons (Fsp3) is 0.625. The van der Waals surface area contributed by atoms with Gasteiger partial charge in [0.05, 0.1) is 11.6 Å². The molecule has 2 heteroatoms. The Labute approximate surface area is 111 Å². The molecule has 2 unspecified atom stereocenters. The first kappa shape index (κ1) is 13.6. The molecule has 100 valence electrons. The summed E-state index contributed by atoms with van der Waals surface area (Å²) in [6, 6.07) is 8.96. The van der Waals surface area contributed by atoms with Crippen LogP contribution in [-0.4, -0.2) is 18.8 Å². The van der Waals surface area contributed by atoms with Crippen molar-refractivity contribution in [1.82, 2.24) is 5.32 Å². The van der Waals surface area contributed by atoms with Crippen molar-refractivity contribution in [2.75, 3.05) is 13.2 Å². The minimum absolute atomic E-state index is 0.0543. The average Bonchev–Trinajstić information content (AvgIpc) is 2.80. The van der Waals surface area contributed by atoms with Gasteiger partial charge < -0.3 is 10.1 Å². The Morgan fingerprint density at radius 1 is 1.39 bits per heavy atom. The molecule has 0 radical (unpaired) electrons. The second-order valence-corrected chi connectivity index (χ2v) is 5.51. The highest BCUT2D eigenvalue weighted by atomic mass is 16.5. The molecule has 0 spiro atoms. The summed E-state index contributed by atoms with van der Waals surface area (Å²) in [7, 11) is 0. The van der Waals surface area contributed by atoms with Gasteiger partial charge in [-0.05, 0) is 50.8 Å². The van der Waals surface area contributed by atoms with Crippen LogP contribution in [0.2, 0.25) is 0 Å². The Hall–Kier alpha value is -0.860. The summed E-state index contributed by atoms with van der Waals surface area (Å²) in [4.78, 5) is 0. The van der Waals surface area contributed by atoms with Gasteiger partial charge in [0.2, 0.25) is 0 Å². The number of hydrogen-bond acceptors (Lipinski definition) is 2. The van der Waals surface area contributed by atoms with Crippen LogP contribution in [0.3, 0.4) is 0 Å². The van der Waals surface area contributed by atoms with Crippen LogP contribution in [0.5, 0.6) is 0 Å². The van der Waals surface area contributed by atoms with Crippen molar-refractivity contribution in [1.29, 1.82) is 0 Å². The first-order chi connectivity index (χ1) is 8.67. The summed E-state index contributed by atoms with van der Waals surface area (Å²) in [5.74, 6) is 0. The molecule has 2 rings (SSSR count). The minimum Gasteiger partial charge on any atom is -0.373 e. The van der Waals surface area contributed by atoms with E-state index >= 15 is 0 Å². The van der Waals surface area contributed by atoms with E-state index in [-0.39, 0.29) is 5.60 Å². The van der Waals surface area contributed by atoms with E-state index in [4.69, 9.17) is 4.74 Å². The minimum atomic E-state index is -0.0543. The van der Waals surface area contributed by atoms with Gasteiger partial charge in [0.1, 0.15) is 0 Å². The predicted molar refractivity (Wildman–Crippen MR) is 75.8 cm³/mol. The molecule has 0 saturated carbocycles. The van der Waals surface area contributed by atoms with E-state index in [0.717, 1.165) is 26.0 Å². The van der Waals surface area contributed by atoms with Gasteiger partial charge in [0.25, 0.3) is 0 Å². The van der Waals surface area contributed by atoms with Gasteiger partial charge in [-0.1, -0.05) is 31.2 Å². The van der Waals surface area contributed by atoms with Crippen LogP contribution in [0.25, 0.3) is 0 Å². The molecule has 0 amide bonds. The number of rotatable bonds is 5. The quantitative estimate of drug-likeness (QED) is 0.858. The van der Waals surface area contributed by atoms with E-state index < -0.39 is 0 Å². The standard InChI is InChI=1S/C16H25NO/c1-4-11-17-15(16(3)10-7-12-18-16)14-9-6-5-8-13(14)2/h5-6,8-9,15,17H,4,7,10-12H2,1-3H3. The maximum atomic E-state index is 6.05. The molecule has 1 aromatic rings. The Balaban J connectivity index is 2.27. The van der Waals surface area contributed by atoms with Gasteiger partial charge in [-0.2, -0.15) is 0 Å². The highest BCUT2D eigenvalue weighted by molar-refractivity contribution is 5.31. The second-order valence-electron chi connectivity index (χ2n) is 5.51. The van der Waals surface area contributed by atoms with Crippen molar-refractivity contribution in [2.24, 2.45) is 0 Å². The largest absolute Gasteiger partial charge is 0.373 e. The lowest BCUT2D eigenvalue weighted by molar-refractivity contribution is -0.0126. The lowest BCUT2D eigenvalue weighted by Crippen LogP contribution is -2.41. The van der Waals surface area contributed by atoms with Gasteiger partial charge in [0.15, 0.2) is 0 Å². The van der Waals surface area contributed by atoms with Gasteiger partial charge in [-0.15, -0.1) is 0 Å². The van der Waals surface area contributed by atoms with Crippen LogP contribution in [-0.2, 0) is 4.74 Å². The lowest BCUT2D eigenvalue weighted by atomic mass is 9.85. The Morgan fingerprint density at radius 2 is 2.17 bits per heavy atom. The molecular formula is C16H25NO. The number of ether oxygens (including phenoxy) is 1. The lowest BCUT2D eigenvalue weighted by Gasteiger charge is -2.35. The SMILES string of the molecule is CCCNC(c1ccccc1C)C1(C)CCCO1. The predicted octanol–water partition coefficient (Wildman–Crippen LogP) is 3.60. The zero-order valence-electron chi connectivity index (χ0n) is 11.8. The van der Waals surface area contributed by atoms with E-state index in [2.05, 4.69) is 50.4 Å². The van der Waals surface area contributed by atoms with Gasteiger partial charge in [-0.25, -0.2) is 0 Å². The van der Waals surface area contributed by atoms with Crippen LogP contribution >= 0.6 is 0 Å². The zero-order chi connectivity index (χ0) is 13.0. The fourth-order valence-electron chi connectivity index (χ4n) is 2.88. The van der Waals surface area contributed by atoms with E-state index in [1.54, 1.807) is 0 Å². The summed E-state index contributed by atoms with van der Waals surface area (Å²) >= 11 is 0. The molecule has 18 heavy (non-hydrogen) atoms. The first-order valence-corrected chi connectivity index (χ1v) is 7.10. The Kier molecular flexibility index (Phi) is 4.41. The molecule has 0 aliphatic carbocycles. The molecule has 1 N–H and O–H groups in total. The van der Waals surface area contributed by atoms with Crippen LogP contribution in [0.4, 0.5) is 0 Å². The number of nitrogens with one attached hydrogen (secondary N) is 1. The van der Waals surface area contributed by atoms with Gasteiger partial charge in [-0.3, -0.25) is 0 Å². The van der Waals surface area contributed by atoms with Crippen molar-refractivity contribution in [3.05, 3.63) is 35.4 Å². The van der Waals surface area contributed by atoms with E-state index in [9.17, 15) is 0 Å². The average molecular weight is 247 g/mol. The topological polar surface area (TPSA) is 21.3 Å². The summed E-state index contributed by atoms with van der Waals surface area (Å²) < 4.78 is 6.05. The van der Waals surface area contributed by atoms with Gasteiger partial charge in [0, 0.05) is 6.61 Å². The van der Waals surface area contributed by atoms with Crippen molar-refractivity contribution >= 4 is 0 Å². The third kappa shape index (κ3) is 2.76. The first-order valence-electron chi connectivity index (χ1n) is 7.10. The normalized spacial score (nSPS) is 25.3. The maximum absolute atomic E-state index is 6.05. The molecule has 1 saturated heterocycles. The molecule has 0 aromatic heterocycles. The van der Waals surface area contributed by atoms with Crippen LogP contribution in [0, 0.1) is 6.92 Å². The molecule has 1 aromatic carbocycles. The monoisotopic (exact) mass is 247 g/mol. The van der Waals surface area contributed by atoms with E-state index in [1.165, 1.54) is 17.5 Å². The van der Waals surface area contributed by atoms with E-state index in [1.807, 2.05) is 0 Å². The molecule has 2 nitrogen and oxygen atoms in total. The Morgan fingerprint density at radius 3 is 2.78 bits per heavy atom. The number of benzene rings is 1. The number of hydrogen-bond donors (Lipinski definition) is 1. The molecule has 1 fully saturated rings. The Bertz CT molecular complexity index is 382. The van der Waals surface area contributed by atoms with Crippen molar-refractivity contribution < 1.29 is 4.74 Å². The summed E-state index contributed by atoms with van der Waals surface area (Å²) in [6.07, 6.45) is 3.47. The van der Waals surface area contributed by atoms with Crippen LogP contribution < -0.4 is 5.32 Å². The molecule has 2 atom stereocenters. The van der Waals surface area contributed by atoms with Crippen LogP contribution in [0.1, 0.15) is 50.3 Å². The summed E-state index contributed by atoms with van der Waals surface area (Å²) in [6.45, 7) is 8.58. The molecule has 1 aliphatic rings. The second kappa shape index (κ2) is 5.85. The third-order valence-corrected chi connectivity index (χ3v) is 3.96. The van der Waals surface area contributed by atoms with E-state index in [0.29, 0.717) is 6.04 Å². The fourth-order valence-corrected chi connectivity index (χ4v) is 2.88. The highest BCUT2D eigenvalue weighted by Gasteiger charge is 2.39. The van der Waals surface area contributed by atoms with Crippen molar-refractivity contribution in [3.63, 3.8) is 0 Å². The molecule has 1 aliphatic heterocycles. The smallest absolute Gasteiger partial charge is 0.0849 e. The van der Waals surface area contributed by atoms with Gasteiger partial charge >= 0.3 is 0 Å². The van der Waals surface area contributed by atoms with Crippen molar-refractivity contribution in [2.45, 2.75) is 51.7 Å². The maximum Gasteiger partial charge on any atom is 0.0849 e.